The second-order valence-electron chi connectivity index (χ2n) is 4.08. The zero-order valence-electron chi connectivity index (χ0n) is 10.1. The Morgan fingerprint density at radius 1 is 1.26 bits per heavy atom. The monoisotopic (exact) mass is 339 g/mol. The van der Waals surface area contributed by atoms with Crippen LogP contribution in [-0.4, -0.2) is 11.0 Å². The number of anilines is 1. The Bertz CT molecular complexity index is 643. The maximum absolute atomic E-state index is 12.1. The third kappa shape index (κ3) is 3.28. The van der Waals surface area contributed by atoms with E-state index in [-0.39, 0.29) is 17.2 Å². The fourth-order valence-corrected chi connectivity index (χ4v) is 2.06. The maximum Gasteiger partial charge on any atom is 0.257 e. The Morgan fingerprint density at radius 2 is 2.00 bits per heavy atom. The molecule has 0 fully saturated rings. The predicted molar refractivity (Wildman–Crippen MR) is 79.9 cm³/mol. The van der Waals surface area contributed by atoms with E-state index in [0.29, 0.717) is 10.7 Å². The molecule has 2 aromatic carbocycles. The largest absolute Gasteiger partial charge is 0.508 e. The SMILES string of the molecule is Cc1cc(NC(=O)c2cc(O)ccc2Cl)ccc1Br. The lowest BCUT2D eigenvalue weighted by molar-refractivity contribution is 0.102. The van der Waals surface area contributed by atoms with Crippen LogP contribution in [0, 0.1) is 6.92 Å². The van der Waals surface area contributed by atoms with Crippen molar-refractivity contribution in [3.05, 3.63) is 57.0 Å². The second kappa shape index (κ2) is 5.63. The van der Waals surface area contributed by atoms with Gasteiger partial charge in [-0.05, 0) is 48.9 Å². The lowest BCUT2D eigenvalue weighted by Crippen LogP contribution is -2.12. The molecular formula is C14H11BrClNO2. The first kappa shape index (κ1) is 13.9. The first-order chi connectivity index (χ1) is 8.97. The van der Waals surface area contributed by atoms with Crippen molar-refractivity contribution in [2.45, 2.75) is 6.92 Å². The van der Waals surface area contributed by atoms with E-state index in [9.17, 15) is 9.90 Å². The minimum atomic E-state index is -0.359. The van der Waals surface area contributed by atoms with Gasteiger partial charge in [-0.15, -0.1) is 0 Å². The van der Waals surface area contributed by atoms with Crippen LogP contribution in [0.1, 0.15) is 15.9 Å². The number of hydrogen-bond acceptors (Lipinski definition) is 2. The quantitative estimate of drug-likeness (QED) is 0.853. The van der Waals surface area contributed by atoms with Gasteiger partial charge in [0, 0.05) is 10.2 Å². The first-order valence-corrected chi connectivity index (χ1v) is 6.70. The Morgan fingerprint density at radius 3 is 2.68 bits per heavy atom. The summed E-state index contributed by atoms with van der Waals surface area (Å²) < 4.78 is 0.973. The molecule has 2 rings (SSSR count). The number of amides is 1. The predicted octanol–water partition coefficient (Wildman–Crippen LogP) is 4.37. The van der Waals surface area contributed by atoms with Gasteiger partial charge in [-0.2, -0.15) is 0 Å². The molecule has 0 heterocycles. The van der Waals surface area contributed by atoms with E-state index in [4.69, 9.17) is 11.6 Å². The van der Waals surface area contributed by atoms with Crippen LogP contribution in [0.15, 0.2) is 40.9 Å². The molecule has 0 aliphatic rings. The van der Waals surface area contributed by atoms with Crippen LogP contribution in [0.25, 0.3) is 0 Å². The van der Waals surface area contributed by atoms with E-state index >= 15 is 0 Å². The summed E-state index contributed by atoms with van der Waals surface area (Å²) in [5, 5.41) is 12.4. The maximum atomic E-state index is 12.1. The van der Waals surface area contributed by atoms with Crippen molar-refractivity contribution in [3.8, 4) is 5.75 Å². The summed E-state index contributed by atoms with van der Waals surface area (Å²) in [4.78, 5) is 12.1. The standard InChI is InChI=1S/C14H11BrClNO2/c1-8-6-9(2-4-12(8)15)17-14(19)11-7-10(18)3-5-13(11)16/h2-7,18H,1H3,(H,17,19). The van der Waals surface area contributed by atoms with Gasteiger partial charge in [0.2, 0.25) is 0 Å². The van der Waals surface area contributed by atoms with Gasteiger partial charge in [0.05, 0.1) is 10.6 Å². The number of aromatic hydroxyl groups is 1. The summed E-state index contributed by atoms with van der Waals surface area (Å²) >= 11 is 9.33. The minimum absolute atomic E-state index is 0.00142. The number of aryl methyl sites for hydroxylation is 1. The summed E-state index contributed by atoms with van der Waals surface area (Å²) in [5.74, 6) is -0.357. The molecule has 3 nitrogen and oxygen atoms in total. The van der Waals surface area contributed by atoms with Crippen LogP contribution < -0.4 is 5.32 Å². The first-order valence-electron chi connectivity index (χ1n) is 5.53. The highest BCUT2D eigenvalue weighted by Crippen LogP contribution is 2.24. The summed E-state index contributed by atoms with van der Waals surface area (Å²) in [6, 6.07) is 9.74. The second-order valence-corrected chi connectivity index (χ2v) is 5.34. The number of halogens is 2. The van der Waals surface area contributed by atoms with Gasteiger partial charge in [-0.1, -0.05) is 27.5 Å². The molecule has 0 saturated carbocycles. The van der Waals surface area contributed by atoms with Crippen molar-refractivity contribution < 1.29 is 9.90 Å². The molecule has 98 valence electrons. The number of carbonyl (C=O) groups is 1. The number of benzene rings is 2. The smallest absolute Gasteiger partial charge is 0.257 e. The summed E-state index contributed by atoms with van der Waals surface area (Å²) in [6.45, 7) is 1.93. The molecule has 0 bridgehead atoms. The summed E-state index contributed by atoms with van der Waals surface area (Å²) in [6.07, 6.45) is 0. The van der Waals surface area contributed by atoms with Gasteiger partial charge >= 0.3 is 0 Å². The molecule has 0 aliphatic carbocycles. The molecule has 5 heteroatoms. The highest BCUT2D eigenvalue weighted by Gasteiger charge is 2.11. The number of nitrogens with one attached hydrogen (secondary N) is 1. The molecule has 0 saturated heterocycles. The van der Waals surface area contributed by atoms with Gasteiger partial charge in [-0.25, -0.2) is 0 Å². The lowest BCUT2D eigenvalue weighted by atomic mass is 10.1. The minimum Gasteiger partial charge on any atom is -0.508 e. The van der Waals surface area contributed by atoms with E-state index in [1.165, 1.54) is 18.2 Å². The Hall–Kier alpha value is -1.52. The molecule has 1 amide bonds. The van der Waals surface area contributed by atoms with Crippen LogP contribution in [-0.2, 0) is 0 Å². The van der Waals surface area contributed by atoms with Crippen LogP contribution in [0.3, 0.4) is 0 Å². The molecule has 0 spiro atoms. The summed E-state index contributed by atoms with van der Waals surface area (Å²) in [5.41, 5.74) is 1.92. The number of rotatable bonds is 2. The fourth-order valence-electron chi connectivity index (χ4n) is 1.61. The zero-order valence-corrected chi connectivity index (χ0v) is 12.4. The number of phenolic OH excluding ortho intramolecular Hbond substituents is 1. The molecule has 0 atom stereocenters. The molecule has 2 aromatic rings. The molecule has 19 heavy (non-hydrogen) atoms. The van der Waals surface area contributed by atoms with Gasteiger partial charge in [0.15, 0.2) is 0 Å². The van der Waals surface area contributed by atoms with Crippen molar-refractivity contribution in [2.75, 3.05) is 5.32 Å². The van der Waals surface area contributed by atoms with E-state index in [0.717, 1.165) is 10.0 Å². The van der Waals surface area contributed by atoms with E-state index < -0.39 is 0 Å². The topological polar surface area (TPSA) is 49.3 Å². The lowest BCUT2D eigenvalue weighted by Gasteiger charge is -2.08. The van der Waals surface area contributed by atoms with Crippen molar-refractivity contribution in [1.82, 2.24) is 0 Å². The highest BCUT2D eigenvalue weighted by atomic mass is 79.9. The number of carbonyl (C=O) groups excluding carboxylic acids is 1. The van der Waals surface area contributed by atoms with Gasteiger partial charge in [0.1, 0.15) is 5.75 Å². The van der Waals surface area contributed by atoms with Crippen molar-refractivity contribution >= 4 is 39.1 Å². The molecule has 2 N–H and O–H groups in total. The van der Waals surface area contributed by atoms with Gasteiger partial charge in [-0.3, -0.25) is 4.79 Å². The van der Waals surface area contributed by atoms with E-state index in [2.05, 4.69) is 21.2 Å². The summed E-state index contributed by atoms with van der Waals surface area (Å²) in [7, 11) is 0. The molecule has 0 unspecified atom stereocenters. The number of phenols is 1. The van der Waals surface area contributed by atoms with Crippen LogP contribution >= 0.6 is 27.5 Å². The average Bonchev–Trinajstić information content (AvgIpc) is 2.36. The Kier molecular flexibility index (Phi) is 4.12. The Balaban J connectivity index is 2.25. The third-order valence-corrected chi connectivity index (χ3v) is 3.83. The zero-order chi connectivity index (χ0) is 14.0. The van der Waals surface area contributed by atoms with Crippen LogP contribution in [0.5, 0.6) is 5.75 Å². The van der Waals surface area contributed by atoms with Crippen molar-refractivity contribution in [3.63, 3.8) is 0 Å². The van der Waals surface area contributed by atoms with Crippen molar-refractivity contribution in [2.24, 2.45) is 0 Å². The fraction of sp³-hybridized carbons (Fsp3) is 0.0714. The highest BCUT2D eigenvalue weighted by molar-refractivity contribution is 9.10. The van der Waals surface area contributed by atoms with Gasteiger partial charge < -0.3 is 10.4 Å². The van der Waals surface area contributed by atoms with Crippen LogP contribution in [0.4, 0.5) is 5.69 Å². The molecule has 0 aromatic heterocycles. The van der Waals surface area contributed by atoms with E-state index in [1.807, 2.05) is 19.1 Å². The van der Waals surface area contributed by atoms with Crippen LogP contribution in [0.2, 0.25) is 5.02 Å². The van der Waals surface area contributed by atoms with Crippen molar-refractivity contribution in [1.29, 1.82) is 0 Å². The Labute approximate surface area is 124 Å². The van der Waals surface area contributed by atoms with E-state index in [1.54, 1.807) is 6.07 Å². The molecule has 0 radical (unpaired) electrons. The van der Waals surface area contributed by atoms with Gasteiger partial charge in [0.25, 0.3) is 5.91 Å². The third-order valence-electron chi connectivity index (χ3n) is 2.61. The molecular weight excluding hydrogens is 330 g/mol. The normalized spacial score (nSPS) is 10.3. The average molecular weight is 341 g/mol. The number of hydrogen-bond donors (Lipinski definition) is 2. The molecule has 0 aliphatic heterocycles.